The number of hydrogen-bond acceptors (Lipinski definition) is 26. The molecule has 3 fully saturated rings. The average Bonchev–Trinajstić information content (AvgIpc) is 1.57. The number of nitrogens with one attached hydrogen (secondary N) is 9. The number of H-pyrrole nitrogens is 1. The summed E-state index contributed by atoms with van der Waals surface area (Å²) >= 11 is 6.90. The average molecular weight is 1810 g/mol. The number of unbranched alkanes of at least 4 members (excludes halogenated alkanes) is 1. The van der Waals surface area contributed by atoms with Crippen molar-refractivity contribution in [1.29, 1.82) is 0 Å². The number of aliphatic hydroxyl groups excluding tert-OH is 1. The minimum atomic E-state index is -1.96. The van der Waals surface area contributed by atoms with Crippen molar-refractivity contribution in [3.63, 3.8) is 0 Å². The number of nitrogens with zero attached hydrogens (tertiary/aromatic N) is 2. The third-order valence-corrected chi connectivity index (χ3v) is 28.4. The van der Waals surface area contributed by atoms with Gasteiger partial charge in [0.25, 0.3) is 0 Å². The van der Waals surface area contributed by atoms with E-state index in [2.05, 4.69) is 47.5 Å². The number of benzene rings is 4. The summed E-state index contributed by atoms with van der Waals surface area (Å²) in [5.74, 6) is -10.7. The number of aromatic nitrogens is 1. The molecular weight excluding hydrogens is 1700 g/mol. The standard InChI is InChI=1S/C85H113ClN14O20S4/c1-45-20-19-26-65(117-11)85(115)41-64(118-82(114)98-85)46(2)72-84(7,120-72)66(40-68(104)100(9)62-37-51(34-45)38-63(116-10)69(62)86)119-81(113)47(3)99(8)67(103)31-33-121-124-83(5,6)71(73(89)105)97-79(111)61-44-123-122-43-60(94-74(106)55(88)35-49-21-13-12-14-22-49)78(110)92-58(36-50-27-29-53(102)30-28-50)76(108)93-59(39-52-42-90-56-24-16-15-23-54(52)56)77(109)91-57(25-17-18-32-87)75(107)96-70(48(4)101)80(112)95-61/h12-16,19-24,26-30,37-38,42,46-48,55,57-61,64-66,70-72,90,101-102,115H,17-18,25,31-36,39-41,43-44,87-88H2,1-11H3,(H2,89,105)(H,91,109)(H,92,110)(H,93,108)(H,94,106)(H,95,112)(H,96,107)(H,97,111)(H,98,114)/b26-19+,45-20+/t46-,47+,48-,55-,57+,58+,59-,60+,61+,64+,65-,66+,70+,71-,72?,84+,85+/m1/s1. The molecule has 0 saturated carbocycles. The lowest BCUT2D eigenvalue weighted by atomic mass is 9.83. The zero-order chi connectivity index (χ0) is 90.7. The van der Waals surface area contributed by atoms with Gasteiger partial charge in [-0.1, -0.05) is 146 Å². The Hall–Kier alpha value is -9.61. The second kappa shape index (κ2) is 44.5. The number of aromatic hydroxyl groups is 1. The van der Waals surface area contributed by atoms with E-state index in [1.54, 1.807) is 107 Å². The number of fused-ring (bicyclic) bond motifs is 6. The molecule has 17 atom stereocenters. The number of aromatic amines is 1. The number of halogens is 1. The summed E-state index contributed by atoms with van der Waals surface area (Å²) < 4.78 is 28.4. The van der Waals surface area contributed by atoms with E-state index in [0.29, 0.717) is 46.0 Å². The number of methoxy groups -OCH3 is 2. The molecule has 4 bridgehead atoms. The number of carbonyl (C=O) groups excluding carboxylic acids is 12. The third-order valence-electron chi connectivity index (χ3n) is 22.3. The number of esters is 1. The minimum absolute atomic E-state index is 0.0441. The first-order chi connectivity index (χ1) is 58.8. The summed E-state index contributed by atoms with van der Waals surface area (Å²) in [4.78, 5) is 180. The molecule has 5 heterocycles. The quantitative estimate of drug-likeness (QED) is 0.0152. The van der Waals surface area contributed by atoms with Gasteiger partial charge in [0, 0.05) is 91.9 Å². The Balaban J connectivity index is 0.931. The van der Waals surface area contributed by atoms with Crippen LogP contribution in [0.2, 0.25) is 5.02 Å². The zero-order valence-electron chi connectivity index (χ0n) is 70.9. The number of amides is 11. The van der Waals surface area contributed by atoms with Crippen LogP contribution in [0.3, 0.4) is 0 Å². The Kier molecular flexibility index (Phi) is 35.2. The molecule has 3 saturated heterocycles. The van der Waals surface area contributed by atoms with Crippen LogP contribution in [-0.4, -0.2) is 249 Å². The predicted molar refractivity (Wildman–Crippen MR) is 474 cm³/mol. The van der Waals surface area contributed by atoms with E-state index < -0.39 is 184 Å². The number of epoxide rings is 1. The lowest BCUT2D eigenvalue weighted by Crippen LogP contribution is -2.63. The number of carbonyl (C=O) groups is 12. The molecule has 1 unspecified atom stereocenters. The van der Waals surface area contributed by atoms with Crippen molar-refractivity contribution in [2.45, 2.75) is 214 Å². The topological polar surface area (TPSA) is 512 Å². The highest BCUT2D eigenvalue weighted by Crippen LogP contribution is 2.50. The first kappa shape index (κ1) is 98.2. The number of rotatable bonds is 27. The van der Waals surface area contributed by atoms with Gasteiger partial charge in [-0.2, -0.15) is 0 Å². The summed E-state index contributed by atoms with van der Waals surface area (Å²) in [6.07, 6.45) is -0.341. The van der Waals surface area contributed by atoms with Gasteiger partial charge in [0.1, 0.15) is 88.8 Å². The molecule has 39 heteroatoms. The molecule has 674 valence electrons. The first-order valence-electron chi connectivity index (χ1n) is 40.6. The van der Waals surface area contributed by atoms with Crippen molar-refractivity contribution in [2.24, 2.45) is 23.1 Å². The van der Waals surface area contributed by atoms with Crippen molar-refractivity contribution in [2.75, 3.05) is 57.0 Å². The number of hydrogen-bond donors (Lipinski definition) is 15. The van der Waals surface area contributed by atoms with E-state index >= 15 is 19.2 Å². The van der Waals surface area contributed by atoms with Crippen LogP contribution in [0.4, 0.5) is 10.5 Å². The fourth-order valence-corrected chi connectivity index (χ4v) is 20.0. The molecule has 4 aromatic carbocycles. The maximum Gasteiger partial charge on any atom is 0.409 e. The Morgan fingerprint density at radius 1 is 0.855 bits per heavy atom. The summed E-state index contributed by atoms with van der Waals surface area (Å²) in [7, 11) is 9.76. The number of primary amides is 1. The summed E-state index contributed by atoms with van der Waals surface area (Å²) in [6, 6.07) is 11.9. The maximum atomic E-state index is 15.1. The summed E-state index contributed by atoms with van der Waals surface area (Å²) in [5.41, 5.74) is 19.4. The van der Waals surface area contributed by atoms with Gasteiger partial charge in [0.2, 0.25) is 59.1 Å². The van der Waals surface area contributed by atoms with Gasteiger partial charge in [0.05, 0.1) is 37.5 Å². The van der Waals surface area contributed by atoms with Crippen LogP contribution in [0.1, 0.15) is 109 Å². The largest absolute Gasteiger partial charge is 0.508 e. The Morgan fingerprint density at radius 2 is 1.52 bits per heavy atom. The van der Waals surface area contributed by atoms with Crippen molar-refractivity contribution in [1.82, 2.24) is 52.4 Å². The number of phenols is 1. The molecule has 18 N–H and O–H groups in total. The second-order valence-corrected chi connectivity index (χ2v) is 38.1. The number of para-hydroxylation sites is 1. The van der Waals surface area contributed by atoms with Gasteiger partial charge in [-0.15, -0.1) is 0 Å². The number of alkyl carbamates (subject to hydrolysis) is 1. The van der Waals surface area contributed by atoms with Crippen LogP contribution in [0.15, 0.2) is 121 Å². The SMILES string of the molecule is COc1cc2cc(c1Cl)N(C)C(=O)C[C@H](OC(=O)[C@H](C)N(C)C(=O)CCSSC(C)(C)[C@H](NC(=O)[C@@H]1CSSC[C@H](NC(=O)[C@H](N)Cc3ccccc3)C(=O)N[C@@H](Cc3ccc(O)cc3)C(=O)N[C@H](Cc3c[nH]c4ccccc34)C(=O)N[C@@H](CCCCN)C(=O)N[C@@H]([C@@H](C)O)C(=O)N1)C(N)=O)[C@]1(C)OC1[C@H](C)[C@@H]1C[C@@](O)(NC(=O)O1)[C@H](OC)/C=C/C=C(\C)C2. The van der Waals surface area contributed by atoms with Gasteiger partial charge in [0.15, 0.2) is 5.72 Å². The highest BCUT2D eigenvalue weighted by Gasteiger charge is 2.65. The molecule has 0 aliphatic carbocycles. The van der Waals surface area contributed by atoms with E-state index in [9.17, 15) is 53.7 Å². The molecule has 1 aromatic heterocycles. The first-order valence-corrected chi connectivity index (χ1v) is 45.8. The second-order valence-electron chi connectivity index (χ2n) is 32.1. The van der Waals surface area contributed by atoms with E-state index in [0.717, 1.165) is 53.6 Å². The van der Waals surface area contributed by atoms with Crippen molar-refractivity contribution < 1.29 is 96.5 Å². The fourth-order valence-electron chi connectivity index (χ4n) is 14.7. The normalized spacial score (nSPS) is 26.4. The Morgan fingerprint density at radius 3 is 2.19 bits per heavy atom. The minimum Gasteiger partial charge on any atom is -0.508 e. The molecular formula is C85H113ClN14O20S4. The fraction of sp³-hybridized carbons (Fsp3) is 0.506. The summed E-state index contributed by atoms with van der Waals surface area (Å²) in [6.45, 7) is 11.2. The number of likely N-dealkylation sites (N-methyl/N-ethyl adjacent to an activating group) is 1. The van der Waals surface area contributed by atoms with Crippen LogP contribution >= 0.6 is 54.8 Å². The highest BCUT2D eigenvalue weighted by molar-refractivity contribution is 8.77. The monoisotopic (exact) mass is 1810 g/mol. The summed E-state index contributed by atoms with van der Waals surface area (Å²) in [5, 5.41) is 55.9. The smallest absolute Gasteiger partial charge is 0.409 e. The number of aliphatic hydroxyl groups is 2. The van der Waals surface area contributed by atoms with Crippen LogP contribution in [0, 0.1) is 5.92 Å². The number of anilines is 1. The van der Waals surface area contributed by atoms with E-state index in [1.807, 2.05) is 19.1 Å². The molecule has 0 radical (unpaired) electrons. The van der Waals surface area contributed by atoms with Gasteiger partial charge < -0.3 is 108 Å². The molecule has 34 nitrogen and oxygen atoms in total. The molecule has 124 heavy (non-hydrogen) atoms. The van der Waals surface area contributed by atoms with Crippen LogP contribution in [0.25, 0.3) is 10.9 Å². The van der Waals surface area contributed by atoms with Crippen molar-refractivity contribution in [3.05, 3.63) is 148 Å². The molecule has 4 aliphatic heterocycles. The van der Waals surface area contributed by atoms with Crippen molar-refractivity contribution >= 4 is 143 Å². The van der Waals surface area contributed by atoms with Crippen LogP contribution in [-0.2, 0) is 97.4 Å². The lowest BCUT2D eigenvalue weighted by molar-refractivity contribution is -0.162. The van der Waals surface area contributed by atoms with E-state index in [4.69, 9.17) is 52.5 Å². The van der Waals surface area contributed by atoms with Crippen LogP contribution in [0.5, 0.6) is 11.5 Å². The Labute approximate surface area is 740 Å². The van der Waals surface area contributed by atoms with Gasteiger partial charge >= 0.3 is 12.1 Å². The zero-order valence-corrected chi connectivity index (χ0v) is 75.0. The van der Waals surface area contributed by atoms with Crippen LogP contribution < -0.4 is 69.4 Å². The third kappa shape index (κ3) is 26.0. The molecule has 4 aliphatic rings. The number of phenolic OH excluding ortho intramolecular Hbond substituents is 1. The Bertz CT molecular complexity index is 4720. The highest BCUT2D eigenvalue weighted by atomic mass is 35.5. The van der Waals surface area contributed by atoms with E-state index in [1.165, 1.54) is 71.3 Å². The molecule has 5 aromatic rings. The molecule has 11 amide bonds. The number of allylic oxidation sites excluding steroid dienone is 3. The van der Waals surface area contributed by atoms with Gasteiger partial charge in [-0.3, -0.25) is 53.3 Å². The number of nitrogens with two attached hydrogens (primary N) is 3. The molecule has 9 rings (SSSR count). The van der Waals surface area contributed by atoms with E-state index in [-0.39, 0.29) is 91.0 Å². The lowest BCUT2D eigenvalue weighted by Gasteiger charge is -2.42. The van der Waals surface area contributed by atoms with Crippen molar-refractivity contribution in [3.8, 4) is 11.5 Å². The molecule has 0 spiro atoms. The van der Waals surface area contributed by atoms with Gasteiger partial charge in [-0.05, 0) is 133 Å². The van der Waals surface area contributed by atoms with Gasteiger partial charge in [-0.25, -0.2) is 9.59 Å². The number of ether oxygens (including phenoxy) is 5. The maximum absolute atomic E-state index is 15.1. The predicted octanol–water partition coefficient (Wildman–Crippen LogP) is 4.09.